The number of thioether (sulfide) groups is 1. The van der Waals surface area contributed by atoms with E-state index in [-0.39, 0.29) is 28.2 Å². The van der Waals surface area contributed by atoms with Crippen molar-refractivity contribution < 1.29 is 26.4 Å². The molecular weight excluding hydrogens is 353 g/mol. The lowest BCUT2D eigenvalue weighted by Gasteiger charge is -2.23. The van der Waals surface area contributed by atoms with Crippen molar-refractivity contribution in [2.75, 3.05) is 17.3 Å². The molecule has 0 bridgehead atoms. The Labute approximate surface area is 136 Å². The summed E-state index contributed by atoms with van der Waals surface area (Å²) in [7, 11) is -3.13. The van der Waals surface area contributed by atoms with Gasteiger partial charge in [-0.25, -0.2) is 13.4 Å². The summed E-state index contributed by atoms with van der Waals surface area (Å²) in [5.41, 5.74) is -1.64. The van der Waals surface area contributed by atoms with Gasteiger partial charge in [-0.1, -0.05) is 11.8 Å². The average molecular weight is 368 g/mol. The molecule has 0 aliphatic carbocycles. The monoisotopic (exact) mass is 368 g/mol. The first-order chi connectivity index (χ1) is 10.5. The zero-order chi connectivity index (χ0) is 17.3. The van der Waals surface area contributed by atoms with Crippen LogP contribution < -0.4 is 5.32 Å². The quantitative estimate of drug-likeness (QED) is 0.822. The first-order valence-corrected chi connectivity index (χ1v) is 9.47. The molecule has 10 heteroatoms. The molecule has 1 N–H and O–H groups in total. The molecule has 1 unspecified atom stereocenters. The van der Waals surface area contributed by atoms with E-state index in [0.717, 1.165) is 17.8 Å². The zero-order valence-corrected chi connectivity index (χ0v) is 13.8. The van der Waals surface area contributed by atoms with Crippen LogP contribution in [0.2, 0.25) is 0 Å². The first-order valence-electron chi connectivity index (χ1n) is 6.67. The average Bonchev–Trinajstić information content (AvgIpc) is 2.69. The number of pyridine rings is 1. The van der Waals surface area contributed by atoms with Crippen LogP contribution in [0.1, 0.15) is 18.9 Å². The van der Waals surface area contributed by atoms with Crippen molar-refractivity contribution in [2.45, 2.75) is 30.1 Å². The molecular formula is C13H15F3N2O3S2. The number of nitrogens with one attached hydrogen (secondary N) is 1. The number of rotatable bonds is 4. The van der Waals surface area contributed by atoms with Crippen molar-refractivity contribution in [3.63, 3.8) is 0 Å². The summed E-state index contributed by atoms with van der Waals surface area (Å²) in [6.07, 6.45) is -3.38. The van der Waals surface area contributed by atoms with Crippen LogP contribution in [-0.4, -0.2) is 42.1 Å². The molecule has 0 spiro atoms. The van der Waals surface area contributed by atoms with E-state index in [1.807, 2.05) is 0 Å². The topological polar surface area (TPSA) is 76.1 Å². The molecule has 1 atom stereocenters. The smallest absolute Gasteiger partial charge is 0.349 e. The molecule has 5 nitrogen and oxygen atoms in total. The van der Waals surface area contributed by atoms with Gasteiger partial charge in [0.15, 0.2) is 9.84 Å². The summed E-state index contributed by atoms with van der Waals surface area (Å²) >= 11 is 0.990. The van der Waals surface area contributed by atoms with Crippen molar-refractivity contribution in [1.29, 1.82) is 0 Å². The number of nitrogens with zero attached hydrogens (tertiary/aromatic N) is 1. The molecule has 0 saturated carbocycles. The van der Waals surface area contributed by atoms with Gasteiger partial charge >= 0.3 is 6.18 Å². The molecule has 1 saturated heterocycles. The number of amides is 1. The summed E-state index contributed by atoms with van der Waals surface area (Å²) in [5, 5.41) is 2.96. The highest BCUT2D eigenvalue weighted by Crippen LogP contribution is 2.29. The molecule has 1 aliphatic heterocycles. The summed E-state index contributed by atoms with van der Waals surface area (Å²) in [4.78, 5) is 15.5. The van der Waals surface area contributed by atoms with Gasteiger partial charge in [0.25, 0.3) is 0 Å². The highest BCUT2D eigenvalue weighted by atomic mass is 32.2. The van der Waals surface area contributed by atoms with Crippen LogP contribution in [-0.2, 0) is 20.8 Å². The van der Waals surface area contributed by atoms with Crippen LogP contribution in [0.3, 0.4) is 0 Å². The van der Waals surface area contributed by atoms with Crippen LogP contribution in [0.5, 0.6) is 0 Å². The maximum Gasteiger partial charge on any atom is 0.417 e. The van der Waals surface area contributed by atoms with E-state index < -0.39 is 27.1 Å². The molecule has 1 aromatic rings. The maximum atomic E-state index is 12.4. The Balaban J connectivity index is 1.87. The third-order valence-electron chi connectivity index (χ3n) is 3.36. The fourth-order valence-electron chi connectivity index (χ4n) is 2.25. The molecule has 128 valence electrons. The Morgan fingerprint density at radius 2 is 2.13 bits per heavy atom. The number of sulfone groups is 1. The Kier molecular flexibility index (Phi) is 4.95. The minimum Gasteiger partial charge on any atom is -0.349 e. The Morgan fingerprint density at radius 1 is 1.43 bits per heavy atom. The number of hydrogen-bond acceptors (Lipinski definition) is 5. The summed E-state index contributed by atoms with van der Waals surface area (Å²) < 4.78 is 60.1. The molecule has 2 heterocycles. The first kappa shape index (κ1) is 18.1. The Hall–Kier alpha value is -1.29. The van der Waals surface area contributed by atoms with Gasteiger partial charge in [-0.2, -0.15) is 13.2 Å². The predicted molar refractivity (Wildman–Crippen MR) is 79.8 cm³/mol. The Bertz CT molecular complexity index is 689. The standard InChI is InChI=1S/C13H15F3N2O3S2/c1-12(4-5-23(20,21)8-12)18-10(19)7-22-11-3-2-9(6-17-11)13(14,15)16/h2-3,6H,4-5,7-8H2,1H3,(H,18,19). The second kappa shape index (κ2) is 6.31. The highest BCUT2D eigenvalue weighted by molar-refractivity contribution is 7.99. The third-order valence-corrected chi connectivity index (χ3v) is 6.21. The number of hydrogen-bond donors (Lipinski definition) is 1. The normalized spacial score (nSPS) is 23.7. The maximum absolute atomic E-state index is 12.4. The lowest BCUT2D eigenvalue weighted by Crippen LogP contribution is -2.47. The third kappa shape index (κ3) is 5.10. The van der Waals surface area contributed by atoms with Crippen LogP contribution in [0, 0.1) is 0 Å². The van der Waals surface area contributed by atoms with Gasteiger partial charge in [0.05, 0.1) is 33.4 Å². The molecule has 2 rings (SSSR count). The second-order valence-electron chi connectivity index (χ2n) is 5.62. The highest BCUT2D eigenvalue weighted by Gasteiger charge is 2.39. The lowest BCUT2D eigenvalue weighted by molar-refractivity contribution is -0.137. The Morgan fingerprint density at radius 3 is 2.61 bits per heavy atom. The van der Waals surface area contributed by atoms with Gasteiger partial charge in [-0.05, 0) is 25.5 Å². The van der Waals surface area contributed by atoms with E-state index in [4.69, 9.17) is 0 Å². The summed E-state index contributed by atoms with van der Waals surface area (Å²) in [6.45, 7) is 1.66. The largest absolute Gasteiger partial charge is 0.417 e. The number of halogens is 3. The van der Waals surface area contributed by atoms with E-state index in [2.05, 4.69) is 10.3 Å². The summed E-state index contributed by atoms with van der Waals surface area (Å²) in [5.74, 6) is -0.489. The number of alkyl halides is 3. The van der Waals surface area contributed by atoms with E-state index in [9.17, 15) is 26.4 Å². The minimum atomic E-state index is -4.45. The molecule has 1 aliphatic rings. The van der Waals surface area contributed by atoms with Crippen molar-refractivity contribution >= 4 is 27.5 Å². The van der Waals surface area contributed by atoms with E-state index in [0.29, 0.717) is 12.6 Å². The minimum absolute atomic E-state index is 0.0391. The molecule has 0 aromatic carbocycles. The predicted octanol–water partition coefficient (Wildman–Crippen LogP) is 1.89. The number of aromatic nitrogens is 1. The van der Waals surface area contributed by atoms with Gasteiger partial charge in [0.2, 0.25) is 5.91 Å². The van der Waals surface area contributed by atoms with Crippen LogP contribution >= 0.6 is 11.8 Å². The van der Waals surface area contributed by atoms with Crippen LogP contribution in [0.4, 0.5) is 13.2 Å². The summed E-state index contributed by atoms with van der Waals surface area (Å²) in [6, 6.07) is 2.10. The fraction of sp³-hybridized carbons (Fsp3) is 0.538. The fourth-order valence-corrected chi connectivity index (χ4v) is 4.99. The lowest BCUT2D eigenvalue weighted by atomic mass is 10.0. The van der Waals surface area contributed by atoms with Crippen LogP contribution in [0.15, 0.2) is 23.4 Å². The van der Waals surface area contributed by atoms with Crippen LogP contribution in [0.25, 0.3) is 0 Å². The molecule has 23 heavy (non-hydrogen) atoms. The molecule has 0 radical (unpaired) electrons. The van der Waals surface area contributed by atoms with E-state index in [1.165, 1.54) is 6.07 Å². The van der Waals surface area contributed by atoms with Gasteiger partial charge in [0, 0.05) is 6.20 Å². The number of carbonyl (C=O) groups excluding carboxylic acids is 1. The van der Waals surface area contributed by atoms with Gasteiger partial charge in [0.1, 0.15) is 0 Å². The molecule has 1 aromatic heterocycles. The zero-order valence-electron chi connectivity index (χ0n) is 12.2. The van der Waals surface area contributed by atoms with Gasteiger partial charge in [-0.3, -0.25) is 4.79 Å². The molecule has 1 amide bonds. The van der Waals surface area contributed by atoms with E-state index in [1.54, 1.807) is 6.92 Å². The van der Waals surface area contributed by atoms with Crippen molar-refractivity contribution in [1.82, 2.24) is 10.3 Å². The van der Waals surface area contributed by atoms with E-state index >= 15 is 0 Å². The SMILES string of the molecule is CC1(NC(=O)CSc2ccc(C(F)(F)F)cn2)CCS(=O)(=O)C1. The van der Waals surface area contributed by atoms with Gasteiger partial charge < -0.3 is 5.32 Å². The van der Waals surface area contributed by atoms with Crippen molar-refractivity contribution in [2.24, 2.45) is 0 Å². The number of carbonyl (C=O) groups is 1. The van der Waals surface area contributed by atoms with Crippen molar-refractivity contribution in [3.05, 3.63) is 23.9 Å². The second-order valence-corrected chi connectivity index (χ2v) is 8.80. The van der Waals surface area contributed by atoms with Crippen molar-refractivity contribution in [3.8, 4) is 0 Å². The van der Waals surface area contributed by atoms with Gasteiger partial charge in [-0.15, -0.1) is 0 Å². The molecule has 1 fully saturated rings.